The van der Waals surface area contributed by atoms with Crippen molar-refractivity contribution in [3.8, 4) is 0 Å². The lowest BCUT2D eigenvalue weighted by molar-refractivity contribution is -0.202. The highest BCUT2D eigenvalue weighted by Gasteiger charge is 2.44. The Morgan fingerprint density at radius 3 is 2.45 bits per heavy atom. The molecule has 0 aliphatic carbocycles. The molecule has 1 aromatic carbocycles. The van der Waals surface area contributed by atoms with Crippen LogP contribution in [-0.2, 0) is 22.2 Å². The van der Waals surface area contributed by atoms with Crippen LogP contribution < -0.4 is 10.4 Å². The second-order valence-corrected chi connectivity index (χ2v) is 9.41. The molecule has 2 aliphatic rings. The number of rotatable bonds is 4. The van der Waals surface area contributed by atoms with Crippen LogP contribution in [0.25, 0.3) is 0 Å². The molecule has 0 unspecified atom stereocenters. The molecule has 216 valence electrons. The number of carbonyl (C=O) groups is 3. The van der Waals surface area contributed by atoms with Gasteiger partial charge >= 0.3 is 23.9 Å². The highest BCUT2D eigenvalue weighted by atomic mass is 19.4. The van der Waals surface area contributed by atoms with Crippen LogP contribution in [0.4, 0.5) is 30.7 Å². The van der Waals surface area contributed by atoms with E-state index in [-0.39, 0.29) is 30.6 Å². The van der Waals surface area contributed by atoms with Crippen LogP contribution in [0.2, 0.25) is 0 Å². The lowest BCUT2D eigenvalue weighted by atomic mass is 9.98. The summed E-state index contributed by atoms with van der Waals surface area (Å²) in [6.07, 6.45) is -9.26. The summed E-state index contributed by atoms with van der Waals surface area (Å²) in [4.78, 5) is 55.0. The van der Waals surface area contributed by atoms with Gasteiger partial charge in [0, 0.05) is 25.6 Å². The second-order valence-electron chi connectivity index (χ2n) is 9.41. The van der Waals surface area contributed by atoms with Gasteiger partial charge in [-0.15, -0.1) is 5.10 Å². The van der Waals surface area contributed by atoms with Crippen molar-refractivity contribution in [2.75, 3.05) is 19.6 Å². The smallest absolute Gasteiger partial charge is 0.336 e. The van der Waals surface area contributed by atoms with E-state index in [9.17, 15) is 49.9 Å². The van der Waals surface area contributed by atoms with E-state index in [1.807, 2.05) is 0 Å². The number of carbonyl (C=O) groups excluding carboxylic acids is 3. The predicted octanol–water partition coefficient (Wildman–Crippen LogP) is 2.65. The molecule has 9 nitrogen and oxygen atoms in total. The maximum absolute atomic E-state index is 14.7. The zero-order valence-corrected chi connectivity index (χ0v) is 20.7. The van der Waals surface area contributed by atoms with E-state index in [0.717, 1.165) is 38.0 Å². The molecule has 0 saturated carbocycles. The molecule has 0 bridgehead atoms. The van der Waals surface area contributed by atoms with E-state index in [1.54, 1.807) is 4.90 Å². The number of fused-ring (bicyclic) bond motifs is 1. The van der Waals surface area contributed by atoms with Gasteiger partial charge in [0.1, 0.15) is 17.9 Å². The Hall–Kier alpha value is -3.98. The molecule has 0 radical (unpaired) electrons. The normalized spacial score (nSPS) is 18.0. The summed E-state index contributed by atoms with van der Waals surface area (Å²) in [7, 11) is 0. The number of hydrogen-bond donors (Lipinski definition) is 0. The topological polar surface area (TPSA) is 102 Å². The summed E-state index contributed by atoms with van der Waals surface area (Å²) in [6, 6.07) is 2.75. The van der Waals surface area contributed by atoms with Crippen molar-refractivity contribution < 1.29 is 50.0 Å². The minimum atomic E-state index is -5.64. The van der Waals surface area contributed by atoms with Crippen LogP contribution >= 0.6 is 0 Å². The maximum Gasteiger partial charge on any atom is 0.493 e. The molecular formula is C24H21F7N4O5. The fourth-order valence-electron chi connectivity index (χ4n) is 4.78. The van der Waals surface area contributed by atoms with Crippen molar-refractivity contribution in [1.82, 2.24) is 19.7 Å². The Morgan fingerprint density at radius 2 is 1.80 bits per heavy atom. The predicted molar refractivity (Wildman–Crippen MR) is 120 cm³/mol. The quantitative estimate of drug-likeness (QED) is 0.518. The molecule has 2 fully saturated rings. The van der Waals surface area contributed by atoms with E-state index in [0.29, 0.717) is 13.0 Å². The molecule has 40 heavy (non-hydrogen) atoms. The number of piperidine rings is 1. The molecule has 0 N–H and O–H groups in total. The van der Waals surface area contributed by atoms with E-state index in [2.05, 4.69) is 9.94 Å². The van der Waals surface area contributed by atoms with Gasteiger partial charge in [0.15, 0.2) is 0 Å². The summed E-state index contributed by atoms with van der Waals surface area (Å²) in [5, 5.41) is 3.36. The second kappa shape index (κ2) is 10.5. The molecular weight excluding hydrogens is 557 g/mol. The monoisotopic (exact) mass is 578 g/mol. The molecule has 2 saturated heterocycles. The number of alkyl halides is 6. The van der Waals surface area contributed by atoms with Gasteiger partial charge in [-0.3, -0.25) is 14.4 Å². The van der Waals surface area contributed by atoms with Crippen molar-refractivity contribution >= 4 is 17.8 Å². The van der Waals surface area contributed by atoms with E-state index in [4.69, 9.17) is 0 Å². The van der Waals surface area contributed by atoms with Crippen LogP contribution in [-0.4, -0.2) is 69.4 Å². The van der Waals surface area contributed by atoms with E-state index >= 15 is 0 Å². The first-order valence-corrected chi connectivity index (χ1v) is 11.9. The number of halogens is 7. The first-order chi connectivity index (χ1) is 18.6. The molecule has 4 rings (SSSR count). The highest BCUT2D eigenvalue weighted by Crippen LogP contribution is 2.31. The number of benzene rings is 1. The van der Waals surface area contributed by atoms with Crippen LogP contribution in [0.3, 0.4) is 0 Å². The van der Waals surface area contributed by atoms with Crippen molar-refractivity contribution in [1.29, 1.82) is 0 Å². The van der Waals surface area contributed by atoms with Gasteiger partial charge in [-0.05, 0) is 54.3 Å². The molecule has 2 amide bonds. The standard InChI is InChI=1S/C24H21F7N4O5/c1-12-17(32-35(40-22(39)24(29,30)31)21(38)19(12)23(26,27)28)9-13-5-6-16(25)15(8-13)20(37)33-10-14-4-2-3-7-34(14)18(36)11-33/h5-6,8,14H,2-4,7,9-11H2,1H3/t14-/m0/s1. The van der Waals surface area contributed by atoms with E-state index in [1.165, 1.54) is 4.90 Å². The Balaban J connectivity index is 1.67. The lowest BCUT2D eigenvalue weighted by Gasteiger charge is -2.43. The molecule has 0 spiro atoms. The van der Waals surface area contributed by atoms with Gasteiger partial charge in [0.2, 0.25) is 5.91 Å². The number of piperazine rings is 1. The molecule has 2 aromatic rings. The zero-order chi connectivity index (χ0) is 29.6. The third-order valence-electron chi connectivity index (χ3n) is 6.72. The Bertz CT molecular complexity index is 1420. The van der Waals surface area contributed by atoms with Gasteiger partial charge in [0.25, 0.3) is 5.91 Å². The summed E-state index contributed by atoms with van der Waals surface area (Å²) in [5.74, 6) is -5.08. The molecule has 1 atom stereocenters. The fourth-order valence-corrected chi connectivity index (χ4v) is 4.78. The Labute approximate surface area is 221 Å². The highest BCUT2D eigenvalue weighted by molar-refractivity contribution is 5.97. The van der Waals surface area contributed by atoms with Crippen LogP contribution in [0.1, 0.15) is 52.0 Å². The zero-order valence-electron chi connectivity index (χ0n) is 20.7. The number of nitrogens with zero attached hydrogens (tertiary/aromatic N) is 4. The fraction of sp³-hybridized carbons (Fsp3) is 0.458. The lowest BCUT2D eigenvalue weighted by Crippen LogP contribution is -2.59. The number of amides is 2. The van der Waals surface area contributed by atoms with Gasteiger partial charge < -0.3 is 14.6 Å². The average Bonchev–Trinajstić information content (AvgIpc) is 2.86. The van der Waals surface area contributed by atoms with Crippen LogP contribution in [0.5, 0.6) is 0 Å². The average molecular weight is 578 g/mol. The first-order valence-electron chi connectivity index (χ1n) is 11.9. The summed E-state index contributed by atoms with van der Waals surface area (Å²) in [6.45, 7) is 1.28. The van der Waals surface area contributed by atoms with Gasteiger partial charge in [0.05, 0.1) is 11.3 Å². The van der Waals surface area contributed by atoms with Crippen molar-refractivity contribution in [2.45, 2.75) is 51.0 Å². The van der Waals surface area contributed by atoms with Crippen LogP contribution in [0.15, 0.2) is 23.0 Å². The van der Waals surface area contributed by atoms with Gasteiger partial charge in [-0.25, -0.2) is 9.18 Å². The summed E-state index contributed by atoms with van der Waals surface area (Å²) in [5.41, 5.74) is -5.95. The molecule has 2 aliphatic heterocycles. The first kappa shape index (κ1) is 29.0. The van der Waals surface area contributed by atoms with E-state index < -0.39 is 69.3 Å². The van der Waals surface area contributed by atoms with Gasteiger partial charge in [-0.2, -0.15) is 26.3 Å². The molecule has 1 aromatic heterocycles. The van der Waals surface area contributed by atoms with Crippen molar-refractivity contribution in [3.05, 3.63) is 62.3 Å². The minimum absolute atomic E-state index is 0.00319. The Morgan fingerprint density at radius 1 is 1.10 bits per heavy atom. The third-order valence-corrected chi connectivity index (χ3v) is 6.72. The number of hydrogen-bond acceptors (Lipinski definition) is 6. The summed E-state index contributed by atoms with van der Waals surface area (Å²) >= 11 is 0. The Kier molecular flexibility index (Phi) is 7.64. The SMILES string of the molecule is Cc1c(Cc2ccc(F)c(C(=O)N3CC(=O)N4CCCC[C@H]4C3)c2)nn(OC(=O)C(F)(F)F)c(=O)c1C(F)(F)F. The van der Waals surface area contributed by atoms with Crippen molar-refractivity contribution in [3.63, 3.8) is 0 Å². The van der Waals surface area contributed by atoms with Crippen LogP contribution in [0, 0.1) is 12.7 Å². The molecule has 16 heteroatoms. The summed E-state index contributed by atoms with van der Waals surface area (Å²) < 4.78 is 93.4. The third kappa shape index (κ3) is 5.79. The molecule has 3 heterocycles. The largest absolute Gasteiger partial charge is 0.493 e. The van der Waals surface area contributed by atoms with Gasteiger partial charge in [-0.1, -0.05) is 6.07 Å². The minimum Gasteiger partial charge on any atom is -0.336 e. The number of aromatic nitrogens is 2. The van der Waals surface area contributed by atoms with Crippen molar-refractivity contribution in [2.24, 2.45) is 0 Å². The maximum atomic E-state index is 14.7.